The summed E-state index contributed by atoms with van der Waals surface area (Å²) in [5, 5.41) is 9.19. The standard InChI is InChI=1S/C11H16N4/c1-15-6-2-9(3-7-15)10(8-12)11-13-4-5-14-11/h4-5,9-10H,2-3,6-7H2,1H3,(H,13,14). The van der Waals surface area contributed by atoms with E-state index in [1.807, 2.05) is 0 Å². The summed E-state index contributed by atoms with van der Waals surface area (Å²) < 4.78 is 0. The summed E-state index contributed by atoms with van der Waals surface area (Å²) in [4.78, 5) is 9.55. The van der Waals surface area contributed by atoms with Gasteiger partial charge in [-0.15, -0.1) is 0 Å². The number of H-pyrrole nitrogens is 1. The number of hydrogen-bond donors (Lipinski definition) is 1. The van der Waals surface area contributed by atoms with Crippen LogP contribution in [0, 0.1) is 17.2 Å². The largest absolute Gasteiger partial charge is 0.347 e. The highest BCUT2D eigenvalue weighted by Gasteiger charge is 2.27. The minimum atomic E-state index is -0.0614. The van der Waals surface area contributed by atoms with Crippen LogP contribution >= 0.6 is 0 Å². The van der Waals surface area contributed by atoms with E-state index in [2.05, 4.69) is 28.0 Å². The molecule has 1 aliphatic rings. The predicted molar refractivity (Wildman–Crippen MR) is 57.2 cm³/mol. The Balaban J connectivity index is 2.05. The molecule has 2 heterocycles. The molecule has 0 amide bonds. The average Bonchev–Trinajstić information content (AvgIpc) is 2.75. The summed E-state index contributed by atoms with van der Waals surface area (Å²) in [5.41, 5.74) is 0. The SMILES string of the molecule is CN1CCC(C(C#N)c2ncc[nH]2)CC1. The maximum absolute atomic E-state index is 9.19. The van der Waals surface area contributed by atoms with E-state index in [0.29, 0.717) is 5.92 Å². The maximum atomic E-state index is 9.19. The third-order valence-corrected chi connectivity index (χ3v) is 3.19. The fraction of sp³-hybridized carbons (Fsp3) is 0.636. The Labute approximate surface area is 89.9 Å². The van der Waals surface area contributed by atoms with Crippen molar-refractivity contribution >= 4 is 0 Å². The maximum Gasteiger partial charge on any atom is 0.123 e. The molecule has 15 heavy (non-hydrogen) atoms. The molecule has 0 bridgehead atoms. The van der Waals surface area contributed by atoms with Crippen LogP contribution in [0.5, 0.6) is 0 Å². The molecule has 0 aliphatic carbocycles. The molecule has 1 aliphatic heterocycles. The molecular weight excluding hydrogens is 188 g/mol. The zero-order valence-corrected chi connectivity index (χ0v) is 8.98. The molecule has 80 valence electrons. The van der Waals surface area contributed by atoms with E-state index in [-0.39, 0.29) is 5.92 Å². The number of aromatic nitrogens is 2. The summed E-state index contributed by atoms with van der Waals surface area (Å²) in [6.07, 6.45) is 5.69. The van der Waals surface area contributed by atoms with Crippen molar-refractivity contribution in [3.8, 4) is 6.07 Å². The minimum Gasteiger partial charge on any atom is -0.347 e. The van der Waals surface area contributed by atoms with Gasteiger partial charge in [-0.05, 0) is 38.9 Å². The van der Waals surface area contributed by atoms with Gasteiger partial charge in [-0.25, -0.2) is 4.98 Å². The number of aromatic amines is 1. The molecule has 4 nitrogen and oxygen atoms in total. The van der Waals surface area contributed by atoms with E-state index >= 15 is 0 Å². The molecule has 0 radical (unpaired) electrons. The molecule has 1 atom stereocenters. The van der Waals surface area contributed by atoms with Gasteiger partial charge in [0.2, 0.25) is 0 Å². The number of nitrogens with zero attached hydrogens (tertiary/aromatic N) is 3. The van der Waals surface area contributed by atoms with Gasteiger partial charge in [0.05, 0.1) is 6.07 Å². The smallest absolute Gasteiger partial charge is 0.123 e. The highest BCUT2D eigenvalue weighted by molar-refractivity contribution is 5.11. The molecule has 0 spiro atoms. The topological polar surface area (TPSA) is 55.7 Å². The summed E-state index contributed by atoms with van der Waals surface area (Å²) >= 11 is 0. The number of rotatable bonds is 2. The van der Waals surface area contributed by atoms with E-state index in [4.69, 9.17) is 0 Å². The lowest BCUT2D eigenvalue weighted by atomic mass is 9.85. The highest BCUT2D eigenvalue weighted by Crippen LogP contribution is 2.29. The lowest BCUT2D eigenvalue weighted by molar-refractivity contribution is 0.208. The Morgan fingerprint density at radius 1 is 1.60 bits per heavy atom. The lowest BCUT2D eigenvalue weighted by Gasteiger charge is -2.30. The normalized spacial score (nSPS) is 21.1. The number of piperidine rings is 1. The number of imidazole rings is 1. The molecule has 1 aromatic heterocycles. The molecule has 1 saturated heterocycles. The molecule has 0 saturated carbocycles. The second-order valence-corrected chi connectivity index (χ2v) is 4.22. The molecule has 1 fully saturated rings. The molecule has 1 unspecified atom stereocenters. The molecule has 1 N–H and O–H groups in total. The predicted octanol–water partition coefficient (Wildman–Crippen LogP) is 1.36. The zero-order chi connectivity index (χ0) is 10.7. The van der Waals surface area contributed by atoms with Crippen LogP contribution in [0.2, 0.25) is 0 Å². The molecule has 1 aromatic rings. The van der Waals surface area contributed by atoms with Crippen molar-refractivity contribution in [3.05, 3.63) is 18.2 Å². The number of likely N-dealkylation sites (tertiary alicyclic amines) is 1. The van der Waals surface area contributed by atoms with Gasteiger partial charge in [0.1, 0.15) is 11.7 Å². The monoisotopic (exact) mass is 204 g/mol. The highest BCUT2D eigenvalue weighted by atomic mass is 15.1. The van der Waals surface area contributed by atoms with Crippen molar-refractivity contribution in [1.29, 1.82) is 5.26 Å². The molecule has 4 heteroatoms. The fourth-order valence-electron chi connectivity index (χ4n) is 2.20. The van der Waals surface area contributed by atoms with Crippen LogP contribution in [0.25, 0.3) is 0 Å². The van der Waals surface area contributed by atoms with E-state index < -0.39 is 0 Å². The van der Waals surface area contributed by atoms with E-state index in [9.17, 15) is 5.26 Å². The van der Waals surface area contributed by atoms with Crippen molar-refractivity contribution in [3.63, 3.8) is 0 Å². The Hall–Kier alpha value is -1.34. The van der Waals surface area contributed by atoms with Crippen LogP contribution in [-0.4, -0.2) is 35.0 Å². The Kier molecular flexibility index (Phi) is 3.02. The van der Waals surface area contributed by atoms with Gasteiger partial charge in [0, 0.05) is 12.4 Å². The number of nitrogens with one attached hydrogen (secondary N) is 1. The first-order valence-corrected chi connectivity index (χ1v) is 5.38. The quantitative estimate of drug-likeness (QED) is 0.791. The van der Waals surface area contributed by atoms with Crippen LogP contribution in [0.1, 0.15) is 24.6 Å². The number of hydrogen-bond acceptors (Lipinski definition) is 3. The van der Waals surface area contributed by atoms with Gasteiger partial charge < -0.3 is 9.88 Å². The van der Waals surface area contributed by atoms with Crippen molar-refractivity contribution in [2.75, 3.05) is 20.1 Å². The van der Waals surface area contributed by atoms with E-state index in [1.54, 1.807) is 12.4 Å². The van der Waals surface area contributed by atoms with E-state index in [0.717, 1.165) is 31.8 Å². The first-order valence-electron chi connectivity index (χ1n) is 5.38. The minimum absolute atomic E-state index is 0.0614. The molecule has 2 rings (SSSR count). The van der Waals surface area contributed by atoms with Crippen LogP contribution in [-0.2, 0) is 0 Å². The van der Waals surface area contributed by atoms with Gasteiger partial charge in [0.25, 0.3) is 0 Å². The van der Waals surface area contributed by atoms with Crippen LogP contribution < -0.4 is 0 Å². The summed E-state index contributed by atoms with van der Waals surface area (Å²) in [5.74, 6) is 1.22. The van der Waals surface area contributed by atoms with Crippen molar-refractivity contribution in [2.45, 2.75) is 18.8 Å². The first kappa shape index (κ1) is 10.2. The first-order chi connectivity index (χ1) is 7.31. The number of nitriles is 1. The zero-order valence-electron chi connectivity index (χ0n) is 8.98. The van der Waals surface area contributed by atoms with Gasteiger partial charge >= 0.3 is 0 Å². The molecule has 0 aromatic carbocycles. The van der Waals surface area contributed by atoms with Crippen LogP contribution in [0.15, 0.2) is 12.4 Å². The Morgan fingerprint density at radius 3 is 2.87 bits per heavy atom. The summed E-state index contributed by atoms with van der Waals surface area (Å²) in [6.45, 7) is 2.17. The van der Waals surface area contributed by atoms with E-state index in [1.165, 1.54) is 0 Å². The van der Waals surface area contributed by atoms with Gasteiger partial charge in [-0.2, -0.15) is 5.26 Å². The van der Waals surface area contributed by atoms with Gasteiger partial charge in [-0.3, -0.25) is 0 Å². The third kappa shape index (κ3) is 2.18. The van der Waals surface area contributed by atoms with Gasteiger partial charge in [-0.1, -0.05) is 0 Å². The Morgan fingerprint density at radius 2 is 2.33 bits per heavy atom. The third-order valence-electron chi connectivity index (χ3n) is 3.19. The summed E-state index contributed by atoms with van der Waals surface area (Å²) in [7, 11) is 2.13. The van der Waals surface area contributed by atoms with Crippen LogP contribution in [0.4, 0.5) is 0 Å². The summed E-state index contributed by atoms with van der Waals surface area (Å²) in [6, 6.07) is 2.38. The average molecular weight is 204 g/mol. The van der Waals surface area contributed by atoms with Crippen molar-refractivity contribution < 1.29 is 0 Å². The fourth-order valence-corrected chi connectivity index (χ4v) is 2.20. The van der Waals surface area contributed by atoms with Crippen LogP contribution in [0.3, 0.4) is 0 Å². The second kappa shape index (κ2) is 4.45. The Bertz CT molecular complexity index is 330. The molecular formula is C11H16N4. The van der Waals surface area contributed by atoms with Crippen molar-refractivity contribution in [2.24, 2.45) is 5.92 Å². The lowest BCUT2D eigenvalue weighted by Crippen LogP contribution is -2.32. The second-order valence-electron chi connectivity index (χ2n) is 4.22. The van der Waals surface area contributed by atoms with Crippen molar-refractivity contribution in [1.82, 2.24) is 14.9 Å². The van der Waals surface area contributed by atoms with Gasteiger partial charge in [0.15, 0.2) is 0 Å².